The van der Waals surface area contributed by atoms with E-state index in [4.69, 9.17) is 0 Å². The highest BCUT2D eigenvalue weighted by molar-refractivity contribution is 4.93. The molecule has 0 radical (unpaired) electrons. The summed E-state index contributed by atoms with van der Waals surface area (Å²) in [7, 11) is 0. The number of hydrogen-bond acceptors (Lipinski definition) is 1. The van der Waals surface area contributed by atoms with Crippen molar-refractivity contribution in [1.82, 2.24) is 6.15 Å². The molecule has 0 unspecified atom stereocenters. The minimum absolute atomic E-state index is 0. The highest BCUT2D eigenvalue weighted by Gasteiger charge is 1.73. The molecule has 3 N–H and O–H groups in total. The van der Waals surface area contributed by atoms with Gasteiger partial charge in [0.25, 0.3) is 0 Å². The summed E-state index contributed by atoms with van der Waals surface area (Å²) < 4.78 is 0. The summed E-state index contributed by atoms with van der Waals surface area (Å²) in [6.07, 6.45) is 3.33. The molecule has 7 heavy (non-hydrogen) atoms. The van der Waals surface area contributed by atoms with Gasteiger partial charge in [-0.2, -0.15) is 0 Å². The highest BCUT2D eigenvalue weighted by Crippen LogP contribution is 1.94. The van der Waals surface area contributed by atoms with Crippen LogP contribution in [0, 0.1) is 0 Å². The summed E-state index contributed by atoms with van der Waals surface area (Å²) in [5, 5.41) is 0. The maximum atomic E-state index is 2.16. The average molecular weight is 101 g/mol. The summed E-state index contributed by atoms with van der Waals surface area (Å²) >= 11 is 0. The molecule has 0 aliphatic heterocycles. The van der Waals surface area contributed by atoms with Crippen molar-refractivity contribution in [3.8, 4) is 0 Å². The van der Waals surface area contributed by atoms with Crippen molar-refractivity contribution >= 4 is 0 Å². The molecule has 0 aromatic rings. The fourth-order valence-electron chi connectivity index (χ4n) is 0.204. The van der Waals surface area contributed by atoms with Crippen LogP contribution in [0.2, 0.25) is 0 Å². The van der Waals surface area contributed by atoms with E-state index in [1.807, 2.05) is 0 Å². The lowest BCUT2D eigenvalue weighted by atomic mass is 10.2. The molecule has 0 spiro atoms. The van der Waals surface area contributed by atoms with Gasteiger partial charge in [-0.3, -0.25) is 0 Å². The Labute approximate surface area is 46.0 Å². The Morgan fingerprint density at radius 2 is 2.00 bits per heavy atom. The van der Waals surface area contributed by atoms with Gasteiger partial charge >= 0.3 is 0 Å². The molecular weight excluding hydrogens is 86.1 g/mol. The van der Waals surface area contributed by atoms with E-state index < -0.39 is 0 Å². The summed E-state index contributed by atoms with van der Waals surface area (Å²) in [5.41, 5.74) is 1.47. The topological polar surface area (TPSA) is 35.0 Å². The first kappa shape index (κ1) is 9.85. The van der Waals surface area contributed by atoms with Crippen molar-refractivity contribution in [1.29, 1.82) is 0 Å². The van der Waals surface area contributed by atoms with Crippen molar-refractivity contribution in [3.63, 3.8) is 0 Å². The molecule has 0 aromatic carbocycles. The van der Waals surface area contributed by atoms with Gasteiger partial charge in [0.15, 0.2) is 0 Å². The molecular formula is C6H15N. The van der Waals surface area contributed by atoms with Crippen molar-refractivity contribution in [2.45, 2.75) is 27.2 Å². The third-order valence-corrected chi connectivity index (χ3v) is 1.05. The van der Waals surface area contributed by atoms with E-state index in [1.54, 1.807) is 0 Å². The molecule has 0 aliphatic rings. The Hall–Kier alpha value is -0.300. The molecule has 0 aromatic heterocycles. The van der Waals surface area contributed by atoms with Gasteiger partial charge in [0.1, 0.15) is 0 Å². The first-order valence-corrected chi connectivity index (χ1v) is 2.43. The Kier molecular flexibility index (Phi) is 8.02. The maximum absolute atomic E-state index is 2.16. The monoisotopic (exact) mass is 101 g/mol. The minimum Gasteiger partial charge on any atom is -0.344 e. The van der Waals surface area contributed by atoms with E-state index in [2.05, 4.69) is 26.8 Å². The quantitative estimate of drug-likeness (QED) is 0.506. The molecule has 0 saturated carbocycles. The SMILES string of the molecule is CC=C(C)CC.N. The second kappa shape index (κ2) is 5.70. The Morgan fingerprint density at radius 3 is 2.00 bits per heavy atom. The van der Waals surface area contributed by atoms with Crippen LogP contribution in [0.25, 0.3) is 0 Å². The molecule has 0 heterocycles. The standard InChI is InChI=1S/C6H12.H3N/c1-4-6(3)5-2;/h4H,5H2,1-3H3;1H3. The summed E-state index contributed by atoms with van der Waals surface area (Å²) in [6.45, 7) is 6.37. The van der Waals surface area contributed by atoms with Gasteiger partial charge in [-0.15, -0.1) is 0 Å². The molecule has 0 amide bonds. The van der Waals surface area contributed by atoms with E-state index in [0.29, 0.717) is 0 Å². The zero-order valence-corrected chi connectivity index (χ0v) is 5.49. The molecule has 0 atom stereocenters. The lowest BCUT2D eigenvalue weighted by molar-refractivity contribution is 1.09. The van der Waals surface area contributed by atoms with Crippen LogP contribution < -0.4 is 6.15 Å². The van der Waals surface area contributed by atoms with Crippen LogP contribution in [0.3, 0.4) is 0 Å². The van der Waals surface area contributed by atoms with Crippen molar-refractivity contribution in [2.75, 3.05) is 0 Å². The average Bonchev–Trinajstić information content (AvgIpc) is 1.65. The van der Waals surface area contributed by atoms with Crippen LogP contribution in [-0.4, -0.2) is 0 Å². The van der Waals surface area contributed by atoms with Crippen LogP contribution >= 0.6 is 0 Å². The molecule has 0 aliphatic carbocycles. The zero-order valence-electron chi connectivity index (χ0n) is 5.49. The lowest BCUT2D eigenvalue weighted by Crippen LogP contribution is -1.63. The first-order chi connectivity index (χ1) is 2.81. The summed E-state index contributed by atoms with van der Waals surface area (Å²) in [4.78, 5) is 0. The van der Waals surface area contributed by atoms with Gasteiger partial charge in [0.05, 0.1) is 0 Å². The molecule has 1 nitrogen and oxygen atoms in total. The summed E-state index contributed by atoms with van der Waals surface area (Å²) in [6, 6.07) is 0. The number of hydrogen-bond donors (Lipinski definition) is 1. The third-order valence-electron chi connectivity index (χ3n) is 1.05. The van der Waals surface area contributed by atoms with E-state index in [9.17, 15) is 0 Å². The Bertz CT molecular complexity index is 55.2. The Balaban J connectivity index is 0. The second-order valence-corrected chi connectivity index (χ2v) is 1.49. The van der Waals surface area contributed by atoms with Crippen LogP contribution in [-0.2, 0) is 0 Å². The second-order valence-electron chi connectivity index (χ2n) is 1.49. The van der Waals surface area contributed by atoms with Crippen molar-refractivity contribution in [2.24, 2.45) is 0 Å². The number of rotatable bonds is 1. The van der Waals surface area contributed by atoms with E-state index in [0.717, 1.165) is 0 Å². The molecule has 0 bridgehead atoms. The van der Waals surface area contributed by atoms with Gasteiger partial charge in [-0.1, -0.05) is 18.6 Å². The van der Waals surface area contributed by atoms with Gasteiger partial charge in [-0.25, -0.2) is 0 Å². The molecule has 0 saturated heterocycles. The predicted octanol–water partition coefficient (Wildman–Crippen LogP) is 2.52. The van der Waals surface area contributed by atoms with Gasteiger partial charge in [0, 0.05) is 0 Å². The van der Waals surface area contributed by atoms with Crippen LogP contribution in [0.1, 0.15) is 27.2 Å². The fraction of sp³-hybridized carbons (Fsp3) is 0.667. The largest absolute Gasteiger partial charge is 0.344 e. The van der Waals surface area contributed by atoms with Crippen LogP contribution in [0.15, 0.2) is 11.6 Å². The molecule has 0 rings (SSSR count). The van der Waals surface area contributed by atoms with E-state index >= 15 is 0 Å². The van der Waals surface area contributed by atoms with Crippen LogP contribution in [0.4, 0.5) is 0 Å². The third kappa shape index (κ3) is 5.70. The molecule has 44 valence electrons. The maximum Gasteiger partial charge on any atom is -0.0352 e. The minimum atomic E-state index is 0. The van der Waals surface area contributed by atoms with E-state index in [1.165, 1.54) is 12.0 Å². The first-order valence-electron chi connectivity index (χ1n) is 2.43. The van der Waals surface area contributed by atoms with E-state index in [-0.39, 0.29) is 6.15 Å². The lowest BCUT2D eigenvalue weighted by Gasteiger charge is -1.85. The Morgan fingerprint density at radius 1 is 1.57 bits per heavy atom. The number of allylic oxidation sites excluding steroid dienone is 2. The van der Waals surface area contributed by atoms with Crippen LogP contribution in [0.5, 0.6) is 0 Å². The fourth-order valence-corrected chi connectivity index (χ4v) is 0.204. The smallest absolute Gasteiger partial charge is 0.0352 e. The predicted molar refractivity (Wildman–Crippen MR) is 34.7 cm³/mol. The molecule has 1 heteroatoms. The van der Waals surface area contributed by atoms with Gasteiger partial charge in [0.2, 0.25) is 0 Å². The summed E-state index contributed by atoms with van der Waals surface area (Å²) in [5.74, 6) is 0. The van der Waals surface area contributed by atoms with Crippen molar-refractivity contribution < 1.29 is 0 Å². The van der Waals surface area contributed by atoms with Crippen molar-refractivity contribution in [3.05, 3.63) is 11.6 Å². The van der Waals surface area contributed by atoms with Gasteiger partial charge < -0.3 is 6.15 Å². The van der Waals surface area contributed by atoms with Gasteiger partial charge in [-0.05, 0) is 20.3 Å². The molecule has 0 fully saturated rings. The zero-order chi connectivity index (χ0) is 4.99. The normalized spacial score (nSPS) is 10.4. The highest BCUT2D eigenvalue weighted by atomic mass is 14.0.